The Kier molecular flexibility index (Phi) is 11.2. The van der Waals surface area contributed by atoms with Crippen molar-refractivity contribution in [2.45, 2.75) is 69.5 Å². The van der Waals surface area contributed by atoms with Crippen LogP contribution < -0.4 is 14.4 Å². The van der Waals surface area contributed by atoms with E-state index in [0.717, 1.165) is 70.7 Å². The van der Waals surface area contributed by atoms with Crippen molar-refractivity contribution in [1.82, 2.24) is 10.2 Å². The molecule has 0 radical (unpaired) electrons. The minimum absolute atomic E-state index is 0.0470. The molecule has 1 saturated carbocycles. The molecule has 1 aliphatic carbocycles. The Morgan fingerprint density at radius 2 is 1.70 bits per heavy atom. The van der Waals surface area contributed by atoms with Crippen LogP contribution >= 0.6 is 15.9 Å². The summed E-state index contributed by atoms with van der Waals surface area (Å²) in [5.41, 5.74) is 0.997. The summed E-state index contributed by atoms with van der Waals surface area (Å²) in [4.78, 5) is 28.8. The summed E-state index contributed by atoms with van der Waals surface area (Å²) in [6, 6.07) is 17.4. The number of rotatable bonds is 12. The predicted molar refractivity (Wildman–Crippen MR) is 168 cm³/mol. The molecule has 230 valence electrons. The van der Waals surface area contributed by atoms with E-state index in [1.807, 2.05) is 31.2 Å². The number of hydrogen-bond acceptors (Lipinski definition) is 5. The number of nitrogens with zero attached hydrogens (tertiary/aromatic N) is 2. The van der Waals surface area contributed by atoms with Gasteiger partial charge in [0.15, 0.2) is 0 Å². The van der Waals surface area contributed by atoms with Gasteiger partial charge in [-0.3, -0.25) is 13.9 Å². The van der Waals surface area contributed by atoms with Crippen molar-refractivity contribution in [2.75, 3.05) is 17.5 Å². The van der Waals surface area contributed by atoms with Gasteiger partial charge in [-0.15, -0.1) is 0 Å². The summed E-state index contributed by atoms with van der Waals surface area (Å²) >= 11 is 3.46. The molecule has 1 aliphatic rings. The topological polar surface area (TPSA) is 96.0 Å². The lowest BCUT2D eigenvalue weighted by molar-refractivity contribution is -0.139. The first-order valence-electron chi connectivity index (χ1n) is 14.4. The summed E-state index contributed by atoms with van der Waals surface area (Å²) < 4.78 is 48.8. The van der Waals surface area contributed by atoms with Crippen LogP contribution in [0, 0.1) is 5.82 Å². The van der Waals surface area contributed by atoms with Gasteiger partial charge >= 0.3 is 0 Å². The van der Waals surface area contributed by atoms with Gasteiger partial charge in [-0.05, 0) is 92.9 Å². The maximum atomic E-state index is 14.1. The summed E-state index contributed by atoms with van der Waals surface area (Å²) in [6.07, 6.45) is 4.99. The zero-order chi connectivity index (χ0) is 31.0. The third-order valence-corrected chi connectivity index (χ3v) is 9.76. The van der Waals surface area contributed by atoms with Gasteiger partial charge in [0.05, 0.1) is 17.2 Å². The molecular weight excluding hydrogens is 637 g/mol. The molecule has 11 heteroatoms. The Balaban J connectivity index is 1.68. The fourth-order valence-corrected chi connectivity index (χ4v) is 6.98. The van der Waals surface area contributed by atoms with Gasteiger partial charge in [-0.2, -0.15) is 0 Å². The first-order valence-corrected chi connectivity index (χ1v) is 16.7. The Labute approximate surface area is 261 Å². The lowest BCUT2D eigenvalue weighted by Gasteiger charge is -2.33. The molecule has 0 aromatic heterocycles. The molecule has 0 aliphatic heterocycles. The van der Waals surface area contributed by atoms with E-state index in [1.165, 1.54) is 4.90 Å². The minimum Gasteiger partial charge on any atom is -0.494 e. The monoisotopic (exact) mass is 673 g/mol. The molecule has 0 bridgehead atoms. The summed E-state index contributed by atoms with van der Waals surface area (Å²) in [7, 11) is -4.30. The van der Waals surface area contributed by atoms with Crippen molar-refractivity contribution in [3.05, 3.63) is 88.6 Å². The lowest BCUT2D eigenvalue weighted by atomic mass is 9.95. The number of amides is 2. The molecule has 1 N–H and O–H groups in total. The number of hydrogen-bond donors (Lipinski definition) is 1. The van der Waals surface area contributed by atoms with E-state index in [0.29, 0.717) is 12.4 Å². The maximum Gasteiger partial charge on any atom is 0.264 e. The van der Waals surface area contributed by atoms with Crippen LogP contribution in [0.3, 0.4) is 0 Å². The van der Waals surface area contributed by atoms with Gasteiger partial charge in [-0.25, -0.2) is 12.8 Å². The Hall–Kier alpha value is -3.44. The van der Waals surface area contributed by atoms with Crippen molar-refractivity contribution >= 4 is 43.5 Å². The van der Waals surface area contributed by atoms with Crippen LogP contribution in [0.15, 0.2) is 82.2 Å². The second-order valence-corrected chi connectivity index (χ2v) is 13.3. The van der Waals surface area contributed by atoms with E-state index in [9.17, 15) is 22.4 Å². The first kappa shape index (κ1) is 32.5. The van der Waals surface area contributed by atoms with E-state index < -0.39 is 34.3 Å². The smallest absolute Gasteiger partial charge is 0.264 e. The van der Waals surface area contributed by atoms with Crippen LogP contribution in [0.5, 0.6) is 5.75 Å². The van der Waals surface area contributed by atoms with Gasteiger partial charge in [0, 0.05) is 17.1 Å². The molecule has 8 nitrogen and oxygen atoms in total. The zero-order valence-electron chi connectivity index (χ0n) is 24.3. The summed E-state index contributed by atoms with van der Waals surface area (Å²) in [5.74, 6) is -0.892. The normalized spacial score (nSPS) is 14.5. The molecular formula is C32H37BrFN3O5S. The van der Waals surface area contributed by atoms with Crippen molar-refractivity contribution in [2.24, 2.45) is 0 Å². The van der Waals surface area contributed by atoms with Crippen molar-refractivity contribution in [1.29, 1.82) is 0 Å². The van der Waals surface area contributed by atoms with E-state index in [4.69, 9.17) is 4.74 Å². The molecule has 1 fully saturated rings. The number of carbonyl (C=O) groups is 2. The number of halogens is 2. The predicted octanol–water partition coefficient (Wildman–Crippen LogP) is 6.05. The second-order valence-electron chi connectivity index (χ2n) is 10.6. The number of sulfonamides is 1. The molecule has 43 heavy (non-hydrogen) atoms. The van der Waals surface area contributed by atoms with Crippen molar-refractivity contribution in [3.63, 3.8) is 0 Å². The van der Waals surface area contributed by atoms with E-state index in [1.54, 1.807) is 31.2 Å². The maximum absolute atomic E-state index is 14.1. The first-order chi connectivity index (χ1) is 20.6. The average molecular weight is 675 g/mol. The third-order valence-electron chi connectivity index (χ3n) is 7.48. The lowest BCUT2D eigenvalue weighted by Crippen LogP contribution is -2.53. The van der Waals surface area contributed by atoms with Crippen molar-refractivity contribution in [3.8, 4) is 5.75 Å². The molecule has 4 rings (SSSR count). The van der Waals surface area contributed by atoms with Gasteiger partial charge in [0.1, 0.15) is 24.2 Å². The summed E-state index contributed by atoms with van der Waals surface area (Å²) in [6.45, 7) is 3.43. The highest BCUT2D eigenvalue weighted by Crippen LogP contribution is 2.27. The van der Waals surface area contributed by atoms with Gasteiger partial charge < -0.3 is 15.0 Å². The largest absolute Gasteiger partial charge is 0.494 e. The molecule has 0 saturated heterocycles. The Morgan fingerprint density at radius 1 is 1.02 bits per heavy atom. The fourth-order valence-electron chi connectivity index (χ4n) is 5.12. The average Bonchev–Trinajstić information content (AvgIpc) is 2.99. The molecule has 3 aromatic rings. The van der Waals surface area contributed by atoms with Gasteiger partial charge in [0.25, 0.3) is 10.0 Å². The fraction of sp³-hybridized carbons (Fsp3) is 0.375. The second kappa shape index (κ2) is 14.8. The van der Waals surface area contributed by atoms with Crippen LogP contribution in [0.25, 0.3) is 0 Å². The third kappa shape index (κ3) is 8.57. The highest BCUT2D eigenvalue weighted by Gasteiger charge is 2.33. The van der Waals surface area contributed by atoms with Gasteiger partial charge in [-0.1, -0.05) is 47.3 Å². The molecule has 3 aromatic carbocycles. The van der Waals surface area contributed by atoms with E-state index in [-0.39, 0.29) is 29.1 Å². The quantitative estimate of drug-likeness (QED) is 0.253. The van der Waals surface area contributed by atoms with Crippen LogP contribution in [0.1, 0.15) is 51.5 Å². The van der Waals surface area contributed by atoms with Crippen LogP contribution in [0.2, 0.25) is 0 Å². The summed E-state index contributed by atoms with van der Waals surface area (Å²) in [5, 5.41) is 3.09. The van der Waals surface area contributed by atoms with Crippen LogP contribution in [0.4, 0.5) is 10.1 Å². The number of anilines is 1. The molecule has 0 heterocycles. The number of benzene rings is 3. The van der Waals surface area contributed by atoms with Crippen LogP contribution in [-0.2, 0) is 26.2 Å². The van der Waals surface area contributed by atoms with E-state index in [2.05, 4.69) is 21.2 Å². The minimum atomic E-state index is -4.30. The standard InChI is InChI=1S/C32H37BrFN3O5S/c1-3-42-29-16-14-28(15-17-29)37(43(40,41)30-18-12-26(34)13-19-30)22-31(38)36(21-24-8-7-9-25(33)20-24)23(2)32(39)35-27-10-5-4-6-11-27/h7-9,12-20,23,27H,3-6,10-11,21-22H2,1-2H3,(H,35,39)/t23-/m0/s1. The number of carbonyl (C=O) groups excluding carboxylic acids is 2. The molecule has 0 spiro atoms. The zero-order valence-corrected chi connectivity index (χ0v) is 26.7. The highest BCUT2D eigenvalue weighted by molar-refractivity contribution is 9.10. The SMILES string of the molecule is CCOc1ccc(N(CC(=O)N(Cc2cccc(Br)c2)[C@@H](C)C(=O)NC2CCCCC2)S(=O)(=O)c2ccc(F)cc2)cc1. The van der Waals surface area contributed by atoms with E-state index >= 15 is 0 Å². The Morgan fingerprint density at radius 3 is 2.33 bits per heavy atom. The Bertz CT molecular complexity index is 1500. The number of nitrogens with one attached hydrogen (secondary N) is 1. The van der Waals surface area contributed by atoms with Gasteiger partial charge in [0.2, 0.25) is 11.8 Å². The molecule has 0 unspecified atom stereocenters. The number of ether oxygens (including phenoxy) is 1. The molecule has 1 atom stereocenters. The van der Waals surface area contributed by atoms with Crippen molar-refractivity contribution < 1.29 is 27.1 Å². The van der Waals surface area contributed by atoms with Crippen LogP contribution in [-0.4, -0.2) is 50.4 Å². The molecule has 2 amide bonds. The highest BCUT2D eigenvalue weighted by atomic mass is 79.9.